The molecule has 2 heteroatoms. The van der Waals surface area contributed by atoms with Gasteiger partial charge in [0.2, 0.25) is 0 Å². The highest BCUT2D eigenvalue weighted by atomic mass is 16.5. The van der Waals surface area contributed by atoms with E-state index in [1.807, 2.05) is 18.3 Å². The van der Waals surface area contributed by atoms with E-state index in [1.165, 1.54) is 5.56 Å². The quantitative estimate of drug-likeness (QED) is 0.743. The molecule has 1 aromatic heterocycles. The second-order valence-corrected chi connectivity index (χ2v) is 3.95. The molecule has 1 aromatic carbocycles. The smallest absolute Gasteiger partial charge is 0.128 e. The summed E-state index contributed by atoms with van der Waals surface area (Å²) in [6.07, 6.45) is 1.81. The third-order valence-corrected chi connectivity index (χ3v) is 2.59. The molecule has 0 fully saturated rings. The van der Waals surface area contributed by atoms with Gasteiger partial charge in [-0.2, -0.15) is 0 Å². The fraction of sp³-hybridized carbons (Fsp3) is 0.308. The number of hydrogen-bond acceptors (Lipinski definition) is 2. The first-order valence-electron chi connectivity index (χ1n) is 5.15. The van der Waals surface area contributed by atoms with Gasteiger partial charge in [-0.25, -0.2) is 0 Å². The molecule has 2 nitrogen and oxygen atoms in total. The lowest BCUT2D eigenvalue weighted by Gasteiger charge is -2.10. The molecule has 78 valence electrons. The summed E-state index contributed by atoms with van der Waals surface area (Å²) in [6, 6.07) is 8.18. The molecule has 0 N–H and O–H groups in total. The molecule has 0 saturated heterocycles. The zero-order valence-corrected chi connectivity index (χ0v) is 9.32. The molecule has 0 bridgehead atoms. The number of nitrogens with zero attached hydrogens (tertiary/aromatic N) is 1. The summed E-state index contributed by atoms with van der Waals surface area (Å²) in [4.78, 5) is 4.35. The average molecular weight is 201 g/mol. The Morgan fingerprint density at radius 2 is 2.07 bits per heavy atom. The van der Waals surface area contributed by atoms with Crippen molar-refractivity contribution in [3.63, 3.8) is 0 Å². The Morgan fingerprint density at radius 1 is 1.27 bits per heavy atom. The Morgan fingerprint density at radius 3 is 2.73 bits per heavy atom. The van der Waals surface area contributed by atoms with Crippen LogP contribution in [0, 0.1) is 0 Å². The van der Waals surface area contributed by atoms with Gasteiger partial charge in [-0.15, -0.1) is 0 Å². The van der Waals surface area contributed by atoms with Crippen molar-refractivity contribution >= 4 is 10.9 Å². The van der Waals surface area contributed by atoms with Gasteiger partial charge in [0.15, 0.2) is 0 Å². The van der Waals surface area contributed by atoms with Gasteiger partial charge in [-0.1, -0.05) is 13.8 Å². The van der Waals surface area contributed by atoms with Crippen LogP contribution in [-0.4, -0.2) is 12.1 Å². The molecule has 0 atom stereocenters. The number of fused-ring (bicyclic) bond motifs is 1. The lowest BCUT2D eigenvalue weighted by molar-refractivity contribution is 0.419. The van der Waals surface area contributed by atoms with Crippen molar-refractivity contribution in [1.82, 2.24) is 4.98 Å². The Labute approximate surface area is 89.9 Å². The SMILES string of the molecule is COc1cc(C(C)C)cc2ncccc12. The highest BCUT2D eigenvalue weighted by Gasteiger charge is 2.07. The van der Waals surface area contributed by atoms with Crippen molar-refractivity contribution in [3.8, 4) is 5.75 Å². The average Bonchev–Trinajstić information content (AvgIpc) is 2.27. The van der Waals surface area contributed by atoms with Crippen LogP contribution >= 0.6 is 0 Å². The summed E-state index contributed by atoms with van der Waals surface area (Å²) >= 11 is 0. The Hall–Kier alpha value is -1.57. The zero-order chi connectivity index (χ0) is 10.8. The molecule has 0 unspecified atom stereocenters. The minimum absolute atomic E-state index is 0.491. The van der Waals surface area contributed by atoms with Gasteiger partial charge in [-0.3, -0.25) is 4.98 Å². The minimum atomic E-state index is 0.491. The molecule has 0 saturated carbocycles. The van der Waals surface area contributed by atoms with Crippen LogP contribution < -0.4 is 4.74 Å². The lowest BCUT2D eigenvalue weighted by Crippen LogP contribution is -1.92. The van der Waals surface area contributed by atoms with E-state index in [0.29, 0.717) is 5.92 Å². The van der Waals surface area contributed by atoms with E-state index >= 15 is 0 Å². The van der Waals surface area contributed by atoms with Crippen LogP contribution in [0.2, 0.25) is 0 Å². The third kappa shape index (κ3) is 1.80. The van der Waals surface area contributed by atoms with Gasteiger partial charge in [0, 0.05) is 11.6 Å². The number of pyridine rings is 1. The van der Waals surface area contributed by atoms with Crippen molar-refractivity contribution < 1.29 is 4.74 Å². The van der Waals surface area contributed by atoms with Crippen LogP contribution in [0.25, 0.3) is 10.9 Å². The maximum atomic E-state index is 5.38. The monoisotopic (exact) mass is 201 g/mol. The number of methoxy groups -OCH3 is 1. The fourth-order valence-corrected chi connectivity index (χ4v) is 1.67. The normalized spacial score (nSPS) is 10.9. The predicted octanol–water partition coefficient (Wildman–Crippen LogP) is 3.37. The molecule has 0 aliphatic rings. The van der Waals surface area contributed by atoms with Crippen LogP contribution in [0.1, 0.15) is 25.3 Å². The van der Waals surface area contributed by atoms with Crippen LogP contribution in [0.3, 0.4) is 0 Å². The van der Waals surface area contributed by atoms with E-state index in [4.69, 9.17) is 4.74 Å². The Kier molecular flexibility index (Phi) is 2.58. The standard InChI is InChI=1S/C13H15NO/c1-9(2)10-7-12-11(5-4-6-14-12)13(8-10)15-3/h4-9H,1-3H3. The second kappa shape index (κ2) is 3.89. The summed E-state index contributed by atoms with van der Waals surface area (Å²) < 4.78 is 5.38. The van der Waals surface area contributed by atoms with Crippen molar-refractivity contribution in [2.45, 2.75) is 19.8 Å². The van der Waals surface area contributed by atoms with Crippen molar-refractivity contribution in [1.29, 1.82) is 0 Å². The van der Waals surface area contributed by atoms with E-state index < -0.39 is 0 Å². The topological polar surface area (TPSA) is 22.1 Å². The molecular formula is C13H15NO. The summed E-state index contributed by atoms with van der Waals surface area (Å²) in [6.45, 7) is 4.34. The molecule has 0 aliphatic carbocycles. The molecule has 0 radical (unpaired) electrons. The minimum Gasteiger partial charge on any atom is -0.496 e. The van der Waals surface area contributed by atoms with Crippen LogP contribution in [-0.2, 0) is 0 Å². The van der Waals surface area contributed by atoms with Gasteiger partial charge in [-0.05, 0) is 35.7 Å². The van der Waals surface area contributed by atoms with Crippen LogP contribution in [0.4, 0.5) is 0 Å². The maximum absolute atomic E-state index is 5.38. The predicted molar refractivity (Wildman–Crippen MR) is 62.4 cm³/mol. The van der Waals surface area contributed by atoms with E-state index in [0.717, 1.165) is 16.7 Å². The summed E-state index contributed by atoms with van der Waals surface area (Å²) in [7, 11) is 1.70. The van der Waals surface area contributed by atoms with Crippen molar-refractivity contribution in [2.24, 2.45) is 0 Å². The summed E-state index contributed by atoms with van der Waals surface area (Å²) in [5.41, 5.74) is 2.26. The number of benzene rings is 1. The number of ether oxygens (including phenoxy) is 1. The highest BCUT2D eigenvalue weighted by molar-refractivity contribution is 5.85. The van der Waals surface area contributed by atoms with Crippen molar-refractivity contribution in [3.05, 3.63) is 36.0 Å². The number of hydrogen-bond donors (Lipinski definition) is 0. The Balaban J connectivity index is 2.71. The van der Waals surface area contributed by atoms with Crippen molar-refractivity contribution in [2.75, 3.05) is 7.11 Å². The lowest BCUT2D eigenvalue weighted by atomic mass is 10.0. The van der Waals surface area contributed by atoms with Crippen LogP contribution in [0.5, 0.6) is 5.75 Å². The largest absolute Gasteiger partial charge is 0.496 e. The summed E-state index contributed by atoms with van der Waals surface area (Å²) in [5.74, 6) is 1.40. The highest BCUT2D eigenvalue weighted by Crippen LogP contribution is 2.29. The zero-order valence-electron chi connectivity index (χ0n) is 9.32. The number of rotatable bonds is 2. The molecule has 1 heterocycles. The molecular weight excluding hydrogens is 186 g/mol. The van der Waals surface area contributed by atoms with Gasteiger partial charge < -0.3 is 4.74 Å². The van der Waals surface area contributed by atoms with E-state index in [9.17, 15) is 0 Å². The van der Waals surface area contributed by atoms with Gasteiger partial charge in [0.05, 0.1) is 12.6 Å². The van der Waals surface area contributed by atoms with Gasteiger partial charge >= 0.3 is 0 Å². The Bertz CT molecular complexity index is 477. The molecule has 0 aliphatic heterocycles. The number of aromatic nitrogens is 1. The van der Waals surface area contributed by atoms with Gasteiger partial charge in [0.25, 0.3) is 0 Å². The third-order valence-electron chi connectivity index (χ3n) is 2.59. The second-order valence-electron chi connectivity index (χ2n) is 3.95. The summed E-state index contributed by atoms with van der Waals surface area (Å²) in [5, 5.41) is 1.07. The molecule has 15 heavy (non-hydrogen) atoms. The molecule has 2 rings (SSSR count). The van der Waals surface area contributed by atoms with E-state index in [1.54, 1.807) is 7.11 Å². The first-order chi connectivity index (χ1) is 7.22. The van der Waals surface area contributed by atoms with E-state index in [-0.39, 0.29) is 0 Å². The maximum Gasteiger partial charge on any atom is 0.128 e. The molecule has 0 spiro atoms. The molecule has 0 amide bonds. The first-order valence-corrected chi connectivity index (χ1v) is 5.15. The molecule has 2 aromatic rings. The first kappa shape index (κ1) is 9.97. The fourth-order valence-electron chi connectivity index (χ4n) is 1.67. The van der Waals surface area contributed by atoms with Gasteiger partial charge in [0.1, 0.15) is 5.75 Å². The van der Waals surface area contributed by atoms with E-state index in [2.05, 4.69) is 31.0 Å². The van der Waals surface area contributed by atoms with Crippen LogP contribution in [0.15, 0.2) is 30.5 Å².